The van der Waals surface area contributed by atoms with Crippen molar-refractivity contribution >= 4 is 27.3 Å². The topological polar surface area (TPSA) is 23.5 Å². The van der Waals surface area contributed by atoms with Crippen LogP contribution in [0.5, 0.6) is 0 Å². The Hall–Kier alpha value is -1.32. The summed E-state index contributed by atoms with van der Waals surface area (Å²) in [5.41, 5.74) is 4.38. The molecule has 2 rings (SSSR count). The normalized spacial score (nSPS) is 12.3. The van der Waals surface area contributed by atoms with E-state index < -0.39 is 6.10 Å². The van der Waals surface area contributed by atoms with E-state index >= 15 is 0 Å². The Balaban J connectivity index is 2.34. The molecular formula is C16H18BrNO. The van der Waals surface area contributed by atoms with Gasteiger partial charge in [-0.1, -0.05) is 34.1 Å². The van der Waals surface area contributed by atoms with Gasteiger partial charge in [0.2, 0.25) is 0 Å². The van der Waals surface area contributed by atoms with Gasteiger partial charge in [0.25, 0.3) is 0 Å². The van der Waals surface area contributed by atoms with Gasteiger partial charge in [0, 0.05) is 22.9 Å². The third-order valence-corrected chi connectivity index (χ3v) is 3.90. The van der Waals surface area contributed by atoms with Gasteiger partial charge in [-0.05, 0) is 49.2 Å². The first-order valence-corrected chi connectivity index (χ1v) is 7.06. The van der Waals surface area contributed by atoms with Crippen LogP contribution in [0.2, 0.25) is 0 Å². The molecule has 0 aliphatic carbocycles. The van der Waals surface area contributed by atoms with Crippen molar-refractivity contribution in [1.29, 1.82) is 0 Å². The van der Waals surface area contributed by atoms with E-state index in [1.165, 1.54) is 5.56 Å². The maximum absolute atomic E-state index is 9.64. The smallest absolute Gasteiger partial charge is 0.0772 e. The molecule has 2 aromatic rings. The zero-order chi connectivity index (χ0) is 14.0. The number of aliphatic hydroxyl groups excluding tert-OH is 1. The largest absolute Gasteiger partial charge is 0.389 e. The lowest BCUT2D eigenvalue weighted by atomic mass is 10.1. The molecule has 1 atom stereocenters. The van der Waals surface area contributed by atoms with E-state index in [0.29, 0.717) is 0 Å². The number of aryl methyl sites for hydroxylation is 1. The van der Waals surface area contributed by atoms with E-state index in [9.17, 15) is 5.11 Å². The van der Waals surface area contributed by atoms with Gasteiger partial charge in [0.1, 0.15) is 0 Å². The van der Waals surface area contributed by atoms with Gasteiger partial charge in [0.05, 0.1) is 6.10 Å². The number of halogens is 1. The summed E-state index contributed by atoms with van der Waals surface area (Å²) >= 11 is 3.52. The fourth-order valence-electron chi connectivity index (χ4n) is 2.05. The standard InChI is InChI=1S/C16H18BrNO/c1-11-5-4-6-13(9-11)18(3)14-7-8-15(12(2)19)16(17)10-14/h4-10,12,19H,1-3H3/t12-/m0/s1. The predicted molar refractivity (Wildman–Crippen MR) is 84.0 cm³/mol. The van der Waals surface area contributed by atoms with Gasteiger partial charge >= 0.3 is 0 Å². The van der Waals surface area contributed by atoms with Crippen LogP contribution in [0.4, 0.5) is 11.4 Å². The lowest BCUT2D eigenvalue weighted by molar-refractivity contribution is 0.198. The van der Waals surface area contributed by atoms with Crippen LogP contribution in [0.1, 0.15) is 24.2 Å². The average molecular weight is 320 g/mol. The summed E-state index contributed by atoms with van der Waals surface area (Å²) in [6.45, 7) is 3.85. The van der Waals surface area contributed by atoms with E-state index in [1.807, 2.05) is 25.2 Å². The summed E-state index contributed by atoms with van der Waals surface area (Å²) in [7, 11) is 2.04. The monoisotopic (exact) mass is 319 g/mol. The van der Waals surface area contributed by atoms with Crippen molar-refractivity contribution in [1.82, 2.24) is 0 Å². The highest BCUT2D eigenvalue weighted by atomic mass is 79.9. The van der Waals surface area contributed by atoms with E-state index in [0.717, 1.165) is 21.4 Å². The van der Waals surface area contributed by atoms with Crippen molar-refractivity contribution in [2.45, 2.75) is 20.0 Å². The molecule has 0 aromatic heterocycles. The van der Waals surface area contributed by atoms with Crippen LogP contribution in [0.15, 0.2) is 46.9 Å². The van der Waals surface area contributed by atoms with Crippen LogP contribution >= 0.6 is 15.9 Å². The highest BCUT2D eigenvalue weighted by molar-refractivity contribution is 9.10. The number of anilines is 2. The van der Waals surface area contributed by atoms with Crippen LogP contribution in [-0.4, -0.2) is 12.2 Å². The highest BCUT2D eigenvalue weighted by Gasteiger charge is 2.09. The molecule has 0 heterocycles. The second kappa shape index (κ2) is 5.76. The molecule has 2 aromatic carbocycles. The minimum Gasteiger partial charge on any atom is -0.389 e. The molecule has 0 fully saturated rings. The van der Waals surface area contributed by atoms with E-state index in [4.69, 9.17) is 0 Å². The third kappa shape index (κ3) is 3.17. The van der Waals surface area contributed by atoms with Crippen molar-refractivity contribution < 1.29 is 5.11 Å². The summed E-state index contributed by atoms with van der Waals surface area (Å²) in [4.78, 5) is 2.13. The molecule has 0 saturated heterocycles. The van der Waals surface area contributed by atoms with Crippen LogP contribution in [0.3, 0.4) is 0 Å². The molecule has 19 heavy (non-hydrogen) atoms. The van der Waals surface area contributed by atoms with Crippen LogP contribution < -0.4 is 4.90 Å². The molecule has 100 valence electrons. The summed E-state index contributed by atoms with van der Waals surface area (Å²) in [6.07, 6.45) is -0.465. The fourth-order valence-corrected chi connectivity index (χ4v) is 2.75. The highest BCUT2D eigenvalue weighted by Crippen LogP contribution is 2.31. The minimum atomic E-state index is -0.465. The Morgan fingerprint density at radius 2 is 1.79 bits per heavy atom. The molecule has 0 amide bonds. The second-order valence-corrected chi connectivity index (χ2v) is 5.63. The molecule has 0 bridgehead atoms. The number of rotatable bonds is 3. The molecule has 0 saturated carbocycles. The van der Waals surface area contributed by atoms with Gasteiger partial charge in [-0.3, -0.25) is 0 Å². The number of nitrogens with zero attached hydrogens (tertiary/aromatic N) is 1. The Labute approximate surface area is 122 Å². The molecule has 0 radical (unpaired) electrons. The number of hydrogen-bond donors (Lipinski definition) is 1. The minimum absolute atomic E-state index is 0.465. The molecular weight excluding hydrogens is 302 g/mol. The van der Waals surface area contributed by atoms with Crippen molar-refractivity contribution in [2.24, 2.45) is 0 Å². The van der Waals surface area contributed by atoms with Crippen molar-refractivity contribution in [3.05, 3.63) is 58.1 Å². The molecule has 0 aliphatic heterocycles. The zero-order valence-corrected chi connectivity index (χ0v) is 13.0. The summed E-state index contributed by atoms with van der Waals surface area (Å²) in [6, 6.07) is 14.4. The summed E-state index contributed by atoms with van der Waals surface area (Å²) in [5.74, 6) is 0. The number of aliphatic hydroxyl groups is 1. The van der Waals surface area contributed by atoms with Crippen molar-refractivity contribution in [3.8, 4) is 0 Å². The van der Waals surface area contributed by atoms with Gasteiger partial charge in [-0.2, -0.15) is 0 Å². The van der Waals surface area contributed by atoms with E-state index in [-0.39, 0.29) is 0 Å². The summed E-state index contributed by atoms with van der Waals surface area (Å²) < 4.78 is 0.930. The van der Waals surface area contributed by atoms with Crippen LogP contribution in [0, 0.1) is 6.92 Å². The summed E-state index contributed by atoms with van der Waals surface area (Å²) in [5, 5.41) is 9.64. The quantitative estimate of drug-likeness (QED) is 0.895. The van der Waals surface area contributed by atoms with Gasteiger partial charge < -0.3 is 10.0 Å². The molecule has 3 heteroatoms. The molecule has 0 aliphatic rings. The SMILES string of the molecule is Cc1cccc(N(C)c2ccc([C@H](C)O)c(Br)c2)c1. The molecule has 0 unspecified atom stereocenters. The Morgan fingerprint density at radius 3 is 2.37 bits per heavy atom. The van der Waals surface area contributed by atoms with Gasteiger partial charge in [0.15, 0.2) is 0 Å². The first kappa shape index (κ1) is 14.1. The van der Waals surface area contributed by atoms with Crippen LogP contribution in [0.25, 0.3) is 0 Å². The Bertz CT molecular complexity index is 581. The zero-order valence-electron chi connectivity index (χ0n) is 11.4. The van der Waals surface area contributed by atoms with Gasteiger partial charge in [-0.25, -0.2) is 0 Å². The van der Waals surface area contributed by atoms with E-state index in [1.54, 1.807) is 6.92 Å². The molecule has 0 spiro atoms. The van der Waals surface area contributed by atoms with E-state index in [2.05, 4.69) is 52.0 Å². The third-order valence-electron chi connectivity index (χ3n) is 3.21. The average Bonchev–Trinajstić information content (AvgIpc) is 2.37. The molecule has 2 nitrogen and oxygen atoms in total. The number of hydrogen-bond acceptors (Lipinski definition) is 2. The maximum Gasteiger partial charge on any atom is 0.0772 e. The first-order valence-electron chi connectivity index (χ1n) is 6.27. The number of benzene rings is 2. The van der Waals surface area contributed by atoms with Crippen LogP contribution in [-0.2, 0) is 0 Å². The first-order chi connectivity index (χ1) is 8.99. The van der Waals surface area contributed by atoms with Crippen molar-refractivity contribution in [2.75, 3.05) is 11.9 Å². The predicted octanol–water partition coefficient (Wildman–Crippen LogP) is 4.58. The Morgan fingerprint density at radius 1 is 1.11 bits per heavy atom. The lowest BCUT2D eigenvalue weighted by Gasteiger charge is -2.21. The maximum atomic E-state index is 9.64. The molecule has 1 N–H and O–H groups in total. The Kier molecular flexibility index (Phi) is 4.27. The van der Waals surface area contributed by atoms with Gasteiger partial charge in [-0.15, -0.1) is 0 Å². The van der Waals surface area contributed by atoms with Crippen molar-refractivity contribution in [3.63, 3.8) is 0 Å². The fraction of sp³-hybridized carbons (Fsp3) is 0.250. The lowest BCUT2D eigenvalue weighted by Crippen LogP contribution is -2.09. The second-order valence-electron chi connectivity index (χ2n) is 4.78.